The molecule has 7 heteroatoms. The standard InChI is InChI=1S/C19H20BrClN2O3/c1-11(2)15-9-16(20)12(3)8-17(15)26-10-18(24)22-23-19(25)13-4-6-14(21)7-5-13/h4-9,11H,10H2,1-3H3,(H,22,24)(H,23,25). The van der Waals surface area contributed by atoms with Gasteiger partial charge in [0.2, 0.25) is 0 Å². The maximum Gasteiger partial charge on any atom is 0.276 e. The maximum atomic E-state index is 12.0. The molecule has 26 heavy (non-hydrogen) atoms. The predicted octanol–water partition coefficient (Wildman–Crippen LogP) is 4.37. The first kappa shape index (κ1) is 20.3. The third-order valence-corrected chi connectivity index (χ3v) is 4.80. The fourth-order valence-electron chi connectivity index (χ4n) is 2.23. The summed E-state index contributed by atoms with van der Waals surface area (Å²) in [5.41, 5.74) is 7.08. The fraction of sp³-hybridized carbons (Fsp3) is 0.263. The van der Waals surface area contributed by atoms with Crippen LogP contribution in [0.4, 0.5) is 0 Å². The molecule has 0 aromatic heterocycles. The summed E-state index contributed by atoms with van der Waals surface area (Å²) in [5.74, 6) is 0.00871. The van der Waals surface area contributed by atoms with Gasteiger partial charge in [-0.2, -0.15) is 0 Å². The number of hydrogen-bond donors (Lipinski definition) is 2. The lowest BCUT2D eigenvalue weighted by atomic mass is 10.0. The van der Waals surface area contributed by atoms with Gasteiger partial charge in [-0.1, -0.05) is 41.4 Å². The highest BCUT2D eigenvalue weighted by molar-refractivity contribution is 9.10. The van der Waals surface area contributed by atoms with Crippen molar-refractivity contribution < 1.29 is 14.3 Å². The molecular weight excluding hydrogens is 420 g/mol. The molecule has 0 spiro atoms. The number of rotatable bonds is 5. The van der Waals surface area contributed by atoms with Gasteiger partial charge in [-0.25, -0.2) is 0 Å². The highest BCUT2D eigenvalue weighted by Crippen LogP contribution is 2.32. The Hall–Kier alpha value is -2.05. The highest BCUT2D eigenvalue weighted by Gasteiger charge is 2.13. The maximum absolute atomic E-state index is 12.0. The quantitative estimate of drug-likeness (QED) is 0.680. The summed E-state index contributed by atoms with van der Waals surface area (Å²) in [6, 6.07) is 10.2. The van der Waals surface area contributed by atoms with Crippen molar-refractivity contribution in [1.82, 2.24) is 10.9 Å². The Morgan fingerprint density at radius 1 is 1.15 bits per heavy atom. The molecule has 138 valence electrons. The molecule has 0 aliphatic heterocycles. The first-order chi connectivity index (χ1) is 12.3. The molecule has 0 aliphatic rings. The van der Waals surface area contributed by atoms with Gasteiger partial charge in [0.1, 0.15) is 5.75 Å². The normalized spacial score (nSPS) is 10.5. The number of carbonyl (C=O) groups excluding carboxylic acids is 2. The lowest BCUT2D eigenvalue weighted by Crippen LogP contribution is -2.43. The smallest absolute Gasteiger partial charge is 0.276 e. The number of ether oxygens (including phenoxy) is 1. The Kier molecular flexibility index (Phi) is 7.06. The minimum Gasteiger partial charge on any atom is -0.483 e. The van der Waals surface area contributed by atoms with Crippen LogP contribution in [0.5, 0.6) is 5.75 Å². The van der Waals surface area contributed by atoms with Crippen LogP contribution in [0.1, 0.15) is 41.3 Å². The van der Waals surface area contributed by atoms with E-state index in [2.05, 4.69) is 40.6 Å². The molecule has 0 saturated heterocycles. The monoisotopic (exact) mass is 438 g/mol. The summed E-state index contributed by atoms with van der Waals surface area (Å²) in [7, 11) is 0. The summed E-state index contributed by atoms with van der Waals surface area (Å²) in [5, 5.41) is 0.532. The molecule has 5 nitrogen and oxygen atoms in total. The molecule has 0 atom stereocenters. The van der Waals surface area contributed by atoms with Crippen molar-refractivity contribution in [3.63, 3.8) is 0 Å². The Bertz CT molecular complexity index is 807. The number of hydrazine groups is 1. The number of nitrogens with one attached hydrogen (secondary N) is 2. The van der Waals surface area contributed by atoms with Crippen LogP contribution in [0.2, 0.25) is 5.02 Å². The zero-order chi connectivity index (χ0) is 19.3. The summed E-state index contributed by atoms with van der Waals surface area (Å²) >= 11 is 9.28. The van der Waals surface area contributed by atoms with E-state index in [-0.39, 0.29) is 12.5 Å². The van der Waals surface area contributed by atoms with Gasteiger partial charge >= 0.3 is 0 Å². The van der Waals surface area contributed by atoms with E-state index in [0.717, 1.165) is 15.6 Å². The van der Waals surface area contributed by atoms with Crippen molar-refractivity contribution in [2.75, 3.05) is 6.61 Å². The topological polar surface area (TPSA) is 67.4 Å². The van der Waals surface area contributed by atoms with Crippen molar-refractivity contribution in [3.8, 4) is 5.75 Å². The molecule has 2 amide bonds. The van der Waals surface area contributed by atoms with Crippen molar-refractivity contribution in [3.05, 3.63) is 62.6 Å². The van der Waals surface area contributed by atoms with Gasteiger partial charge in [-0.05, 0) is 60.4 Å². The Morgan fingerprint density at radius 3 is 2.42 bits per heavy atom. The van der Waals surface area contributed by atoms with Crippen LogP contribution in [0.25, 0.3) is 0 Å². The predicted molar refractivity (Wildman–Crippen MR) is 106 cm³/mol. The number of amides is 2. The van der Waals surface area contributed by atoms with Crippen molar-refractivity contribution in [2.24, 2.45) is 0 Å². The van der Waals surface area contributed by atoms with Gasteiger partial charge in [0.05, 0.1) is 0 Å². The van der Waals surface area contributed by atoms with E-state index in [0.29, 0.717) is 16.3 Å². The molecular formula is C19H20BrClN2O3. The van der Waals surface area contributed by atoms with E-state index in [1.54, 1.807) is 24.3 Å². The van der Waals surface area contributed by atoms with E-state index >= 15 is 0 Å². The van der Waals surface area contributed by atoms with Crippen LogP contribution < -0.4 is 15.6 Å². The van der Waals surface area contributed by atoms with E-state index in [9.17, 15) is 9.59 Å². The average molecular weight is 440 g/mol. The van der Waals surface area contributed by atoms with Crippen LogP contribution in [0.15, 0.2) is 40.9 Å². The second-order valence-corrected chi connectivity index (χ2v) is 7.38. The number of carbonyl (C=O) groups is 2. The lowest BCUT2D eigenvalue weighted by molar-refractivity contribution is -0.123. The van der Waals surface area contributed by atoms with Crippen LogP contribution in [0, 0.1) is 6.92 Å². The number of hydrogen-bond acceptors (Lipinski definition) is 3. The summed E-state index contributed by atoms with van der Waals surface area (Å²) < 4.78 is 6.64. The van der Waals surface area contributed by atoms with Gasteiger partial charge in [0.25, 0.3) is 11.8 Å². The molecule has 2 N–H and O–H groups in total. The van der Waals surface area contributed by atoms with E-state index in [1.807, 2.05) is 19.1 Å². The Balaban J connectivity index is 1.92. The lowest BCUT2D eigenvalue weighted by Gasteiger charge is -2.16. The highest BCUT2D eigenvalue weighted by atomic mass is 79.9. The molecule has 0 unspecified atom stereocenters. The van der Waals surface area contributed by atoms with Gasteiger partial charge < -0.3 is 4.74 Å². The van der Waals surface area contributed by atoms with Gasteiger partial charge in [0.15, 0.2) is 6.61 Å². The SMILES string of the molecule is Cc1cc(OCC(=O)NNC(=O)c2ccc(Cl)cc2)c(C(C)C)cc1Br. The molecule has 0 fully saturated rings. The van der Waals surface area contributed by atoms with E-state index < -0.39 is 11.8 Å². The summed E-state index contributed by atoms with van der Waals surface area (Å²) in [6.07, 6.45) is 0. The molecule has 2 aromatic carbocycles. The van der Waals surface area contributed by atoms with Crippen molar-refractivity contribution >= 4 is 39.3 Å². The molecule has 0 saturated carbocycles. The minimum absolute atomic E-state index is 0.207. The van der Waals surface area contributed by atoms with Gasteiger partial charge in [0, 0.05) is 15.1 Å². The molecule has 0 radical (unpaired) electrons. The van der Waals surface area contributed by atoms with Crippen molar-refractivity contribution in [1.29, 1.82) is 0 Å². The van der Waals surface area contributed by atoms with Gasteiger partial charge in [-0.3, -0.25) is 20.4 Å². The second kappa shape index (κ2) is 9.05. The largest absolute Gasteiger partial charge is 0.483 e. The zero-order valence-electron chi connectivity index (χ0n) is 14.7. The second-order valence-electron chi connectivity index (χ2n) is 6.09. The Labute approximate surface area is 166 Å². The van der Waals surface area contributed by atoms with E-state index in [4.69, 9.17) is 16.3 Å². The number of halogens is 2. The summed E-state index contributed by atoms with van der Waals surface area (Å²) in [6.45, 7) is 5.85. The minimum atomic E-state index is -0.456. The third-order valence-electron chi connectivity index (χ3n) is 3.69. The third kappa shape index (κ3) is 5.47. The molecule has 0 bridgehead atoms. The van der Waals surface area contributed by atoms with Gasteiger partial charge in [-0.15, -0.1) is 0 Å². The van der Waals surface area contributed by atoms with E-state index in [1.165, 1.54) is 0 Å². The summed E-state index contributed by atoms with van der Waals surface area (Å²) in [4.78, 5) is 23.9. The van der Waals surface area contributed by atoms with Crippen LogP contribution in [-0.2, 0) is 4.79 Å². The number of aryl methyl sites for hydroxylation is 1. The molecule has 0 aliphatic carbocycles. The van der Waals surface area contributed by atoms with Crippen LogP contribution >= 0.6 is 27.5 Å². The number of benzene rings is 2. The Morgan fingerprint density at radius 2 is 1.81 bits per heavy atom. The first-order valence-electron chi connectivity index (χ1n) is 8.05. The zero-order valence-corrected chi connectivity index (χ0v) is 17.1. The van der Waals surface area contributed by atoms with Crippen LogP contribution in [0.3, 0.4) is 0 Å². The first-order valence-corrected chi connectivity index (χ1v) is 9.22. The van der Waals surface area contributed by atoms with Crippen LogP contribution in [-0.4, -0.2) is 18.4 Å². The fourth-order valence-corrected chi connectivity index (χ4v) is 2.71. The molecule has 2 rings (SSSR count). The molecule has 0 heterocycles. The molecule has 2 aromatic rings. The average Bonchev–Trinajstić information content (AvgIpc) is 2.60. The van der Waals surface area contributed by atoms with Crippen molar-refractivity contribution in [2.45, 2.75) is 26.7 Å².